The average Bonchev–Trinajstić information content (AvgIpc) is 2.49. The molecule has 0 atom stereocenters. The molecule has 1 amide bonds. The molecule has 0 bridgehead atoms. The molecule has 1 aliphatic rings. The van der Waals surface area contributed by atoms with E-state index in [1.807, 2.05) is 35.2 Å². The minimum Gasteiger partial charge on any atom is -0.339 e. The van der Waals surface area contributed by atoms with E-state index in [1.54, 1.807) is 0 Å². The average molecular weight is 275 g/mol. The van der Waals surface area contributed by atoms with Crippen LogP contribution >= 0.6 is 0 Å². The number of hydrogen-bond acceptors (Lipinski definition) is 3. The Hall–Kier alpha value is -1.93. The molecule has 108 valence electrons. The third-order valence-electron chi connectivity index (χ3n) is 4.13. The van der Waals surface area contributed by atoms with Gasteiger partial charge in [-0.2, -0.15) is 9.59 Å². The van der Waals surface area contributed by atoms with Crippen LogP contribution in [0, 0.1) is 5.41 Å². The molecule has 1 fully saturated rings. The van der Waals surface area contributed by atoms with Crippen LogP contribution in [0.2, 0.25) is 0 Å². The van der Waals surface area contributed by atoms with Crippen molar-refractivity contribution in [3.8, 4) is 0 Å². The SMILES string of the molecule is CCC1(C)CCN(C(=O)c2ccccc2)CC1.O=C=O. The van der Waals surface area contributed by atoms with Crippen molar-refractivity contribution in [1.82, 2.24) is 4.90 Å². The second-order valence-electron chi connectivity index (χ2n) is 5.41. The van der Waals surface area contributed by atoms with Crippen molar-refractivity contribution in [2.24, 2.45) is 5.41 Å². The van der Waals surface area contributed by atoms with E-state index < -0.39 is 0 Å². The fourth-order valence-electron chi connectivity index (χ4n) is 2.37. The van der Waals surface area contributed by atoms with Crippen LogP contribution in [0.4, 0.5) is 0 Å². The Morgan fingerprint density at radius 1 is 1.20 bits per heavy atom. The highest BCUT2D eigenvalue weighted by molar-refractivity contribution is 5.94. The largest absolute Gasteiger partial charge is 0.373 e. The van der Waals surface area contributed by atoms with E-state index in [2.05, 4.69) is 13.8 Å². The van der Waals surface area contributed by atoms with Gasteiger partial charge in [-0.1, -0.05) is 38.5 Å². The van der Waals surface area contributed by atoms with Crippen molar-refractivity contribution < 1.29 is 14.4 Å². The van der Waals surface area contributed by atoms with Crippen LogP contribution in [0.5, 0.6) is 0 Å². The minimum atomic E-state index is 0.184. The van der Waals surface area contributed by atoms with Crippen LogP contribution in [0.15, 0.2) is 30.3 Å². The van der Waals surface area contributed by atoms with Crippen molar-refractivity contribution in [3.05, 3.63) is 35.9 Å². The molecule has 1 aromatic carbocycles. The highest BCUT2D eigenvalue weighted by Gasteiger charge is 2.30. The Balaban J connectivity index is 0.000000612. The first-order chi connectivity index (χ1) is 9.56. The summed E-state index contributed by atoms with van der Waals surface area (Å²) < 4.78 is 0. The van der Waals surface area contributed by atoms with Crippen molar-refractivity contribution in [2.75, 3.05) is 13.1 Å². The molecular formula is C16H21NO3. The van der Waals surface area contributed by atoms with Gasteiger partial charge in [-0.3, -0.25) is 4.79 Å². The Morgan fingerprint density at radius 3 is 2.15 bits per heavy atom. The summed E-state index contributed by atoms with van der Waals surface area (Å²) in [7, 11) is 0. The van der Waals surface area contributed by atoms with Crippen LogP contribution in [-0.2, 0) is 9.59 Å². The zero-order valence-electron chi connectivity index (χ0n) is 12.1. The first-order valence-electron chi connectivity index (χ1n) is 6.90. The highest BCUT2D eigenvalue weighted by Crippen LogP contribution is 2.34. The lowest BCUT2D eigenvalue weighted by molar-refractivity contribution is -0.191. The fourth-order valence-corrected chi connectivity index (χ4v) is 2.37. The number of hydrogen-bond donors (Lipinski definition) is 0. The number of benzene rings is 1. The number of rotatable bonds is 2. The predicted molar refractivity (Wildman–Crippen MR) is 75.0 cm³/mol. The van der Waals surface area contributed by atoms with E-state index in [0.29, 0.717) is 5.41 Å². The number of carbonyl (C=O) groups excluding carboxylic acids is 3. The van der Waals surface area contributed by atoms with E-state index in [0.717, 1.165) is 31.5 Å². The van der Waals surface area contributed by atoms with Gasteiger partial charge in [-0.25, -0.2) is 0 Å². The first-order valence-corrected chi connectivity index (χ1v) is 6.90. The lowest BCUT2D eigenvalue weighted by Gasteiger charge is -2.38. The van der Waals surface area contributed by atoms with Gasteiger partial charge in [0.05, 0.1) is 0 Å². The summed E-state index contributed by atoms with van der Waals surface area (Å²) >= 11 is 0. The Morgan fingerprint density at radius 2 is 1.70 bits per heavy atom. The fraction of sp³-hybridized carbons (Fsp3) is 0.500. The summed E-state index contributed by atoms with van der Waals surface area (Å²) in [5.41, 5.74) is 1.25. The molecule has 1 aliphatic heterocycles. The molecule has 0 spiro atoms. The van der Waals surface area contributed by atoms with Gasteiger partial charge < -0.3 is 4.90 Å². The summed E-state index contributed by atoms with van der Waals surface area (Å²) in [4.78, 5) is 30.5. The molecule has 4 heteroatoms. The van der Waals surface area contributed by atoms with Crippen LogP contribution in [0.3, 0.4) is 0 Å². The molecule has 0 N–H and O–H groups in total. The summed E-state index contributed by atoms with van der Waals surface area (Å²) in [5.74, 6) is 0.184. The first kappa shape index (κ1) is 16.1. The standard InChI is InChI=1S/C15H21NO.CO2/c1-3-15(2)9-11-16(12-10-15)14(17)13-7-5-4-6-8-13;2-1-3/h4-8H,3,9-12H2,1-2H3;. The maximum absolute atomic E-state index is 12.2. The number of carbonyl (C=O) groups is 1. The van der Waals surface area contributed by atoms with Crippen molar-refractivity contribution in [3.63, 3.8) is 0 Å². The second-order valence-corrected chi connectivity index (χ2v) is 5.41. The van der Waals surface area contributed by atoms with Crippen LogP contribution in [-0.4, -0.2) is 30.0 Å². The minimum absolute atomic E-state index is 0.184. The quantitative estimate of drug-likeness (QED) is 0.834. The maximum atomic E-state index is 12.2. The third-order valence-corrected chi connectivity index (χ3v) is 4.13. The summed E-state index contributed by atoms with van der Waals surface area (Å²) in [6.07, 6.45) is 3.71. The lowest BCUT2D eigenvalue weighted by Crippen LogP contribution is -2.41. The van der Waals surface area contributed by atoms with E-state index in [-0.39, 0.29) is 12.1 Å². The van der Waals surface area contributed by atoms with Gasteiger partial charge in [-0.05, 0) is 30.4 Å². The van der Waals surface area contributed by atoms with Gasteiger partial charge in [0, 0.05) is 18.7 Å². The van der Waals surface area contributed by atoms with Crippen molar-refractivity contribution in [1.29, 1.82) is 0 Å². The Kier molecular flexibility index (Phi) is 6.13. The molecule has 4 nitrogen and oxygen atoms in total. The molecule has 0 unspecified atom stereocenters. The Labute approximate surface area is 119 Å². The molecule has 1 saturated heterocycles. The van der Waals surface area contributed by atoms with Crippen LogP contribution in [0.25, 0.3) is 0 Å². The summed E-state index contributed by atoms with van der Waals surface area (Å²) in [5, 5.41) is 0. The van der Waals surface area contributed by atoms with E-state index in [9.17, 15) is 4.79 Å². The van der Waals surface area contributed by atoms with Gasteiger partial charge in [0.25, 0.3) is 5.91 Å². The molecule has 0 saturated carbocycles. The molecule has 1 heterocycles. The monoisotopic (exact) mass is 275 g/mol. The normalized spacial score (nSPS) is 16.6. The molecule has 2 rings (SSSR count). The second kappa shape index (κ2) is 7.61. The summed E-state index contributed by atoms with van der Waals surface area (Å²) in [6, 6.07) is 9.59. The molecule has 0 aromatic heterocycles. The van der Waals surface area contributed by atoms with Crippen molar-refractivity contribution in [2.45, 2.75) is 33.1 Å². The number of likely N-dealkylation sites (tertiary alicyclic amines) is 1. The molecular weight excluding hydrogens is 254 g/mol. The van der Waals surface area contributed by atoms with Crippen molar-refractivity contribution >= 4 is 12.1 Å². The smallest absolute Gasteiger partial charge is 0.339 e. The van der Waals surface area contributed by atoms with Gasteiger partial charge in [0.2, 0.25) is 0 Å². The van der Waals surface area contributed by atoms with Gasteiger partial charge in [-0.15, -0.1) is 0 Å². The predicted octanol–water partition coefficient (Wildman–Crippen LogP) is 2.76. The molecule has 0 aliphatic carbocycles. The van der Waals surface area contributed by atoms with Crippen LogP contribution < -0.4 is 0 Å². The Bertz CT molecular complexity index is 456. The lowest BCUT2D eigenvalue weighted by atomic mass is 9.78. The van der Waals surface area contributed by atoms with Gasteiger partial charge in [0.1, 0.15) is 0 Å². The molecule has 20 heavy (non-hydrogen) atoms. The van der Waals surface area contributed by atoms with E-state index in [4.69, 9.17) is 9.59 Å². The van der Waals surface area contributed by atoms with Gasteiger partial charge in [0.15, 0.2) is 0 Å². The molecule has 0 radical (unpaired) electrons. The number of piperidine rings is 1. The van der Waals surface area contributed by atoms with Gasteiger partial charge >= 0.3 is 6.15 Å². The van der Waals surface area contributed by atoms with Crippen LogP contribution in [0.1, 0.15) is 43.5 Å². The topological polar surface area (TPSA) is 54.5 Å². The zero-order chi connectivity index (χ0) is 15.0. The number of nitrogens with zero attached hydrogens (tertiary/aromatic N) is 1. The zero-order valence-corrected chi connectivity index (χ0v) is 12.1. The highest BCUT2D eigenvalue weighted by atomic mass is 16.2. The third kappa shape index (κ3) is 4.32. The van der Waals surface area contributed by atoms with E-state index in [1.165, 1.54) is 6.42 Å². The molecule has 1 aromatic rings. The maximum Gasteiger partial charge on any atom is 0.373 e. The number of amides is 1. The summed E-state index contributed by atoms with van der Waals surface area (Å²) in [6.45, 7) is 6.38. The van der Waals surface area contributed by atoms with E-state index >= 15 is 0 Å².